The molecule has 2 unspecified atom stereocenters. The van der Waals surface area contributed by atoms with Gasteiger partial charge in [-0.15, -0.1) is 0 Å². The summed E-state index contributed by atoms with van der Waals surface area (Å²) < 4.78 is 10.8. The zero-order valence-electron chi connectivity index (χ0n) is 13.7. The largest absolute Gasteiger partial charge is 0.467 e. The minimum absolute atomic E-state index is 0.160. The lowest BCUT2D eigenvalue weighted by Gasteiger charge is -2.31. The van der Waals surface area contributed by atoms with Gasteiger partial charge in [0.05, 0.1) is 13.2 Å². The Morgan fingerprint density at radius 2 is 1.86 bits per heavy atom. The molecule has 21 heavy (non-hydrogen) atoms. The number of rotatable bonds is 8. The van der Waals surface area contributed by atoms with Crippen LogP contribution in [0.1, 0.15) is 32.8 Å². The van der Waals surface area contributed by atoms with E-state index in [0.717, 1.165) is 5.56 Å². The fourth-order valence-electron chi connectivity index (χ4n) is 2.22. The quantitative estimate of drug-likeness (QED) is 0.749. The Bertz CT molecular complexity index is 433. The highest BCUT2D eigenvalue weighted by atomic mass is 16.5. The number of carbonyl (C=O) groups excluding carboxylic acids is 1. The van der Waals surface area contributed by atoms with Crippen molar-refractivity contribution in [3.8, 4) is 0 Å². The second-order valence-electron chi connectivity index (χ2n) is 5.58. The van der Waals surface area contributed by atoms with Crippen molar-refractivity contribution in [3.05, 3.63) is 35.9 Å². The molecule has 1 aromatic rings. The summed E-state index contributed by atoms with van der Waals surface area (Å²) in [5.41, 5.74) is 0.0207. The van der Waals surface area contributed by atoms with Crippen LogP contribution in [0.4, 0.5) is 0 Å². The standard InChI is InChI=1S/C17H27NO3/c1-13(2)14(3)21-12-11-17(18-4,16(19)20-5)15-9-7-6-8-10-15/h6-10,13-14,18H,11-12H2,1-5H3. The van der Waals surface area contributed by atoms with Crippen molar-refractivity contribution in [1.82, 2.24) is 5.32 Å². The molecule has 2 atom stereocenters. The molecule has 1 rings (SSSR count). The Morgan fingerprint density at radius 1 is 1.24 bits per heavy atom. The number of esters is 1. The van der Waals surface area contributed by atoms with Gasteiger partial charge in [-0.3, -0.25) is 0 Å². The lowest BCUT2D eigenvalue weighted by atomic mass is 9.87. The van der Waals surface area contributed by atoms with E-state index in [4.69, 9.17) is 9.47 Å². The lowest BCUT2D eigenvalue weighted by Crippen LogP contribution is -2.49. The third kappa shape index (κ3) is 4.29. The minimum Gasteiger partial charge on any atom is -0.467 e. The molecule has 1 N–H and O–H groups in total. The normalized spacial score (nSPS) is 15.5. The molecule has 0 saturated carbocycles. The number of benzene rings is 1. The van der Waals surface area contributed by atoms with Gasteiger partial charge in [-0.1, -0.05) is 44.2 Å². The molecule has 0 bridgehead atoms. The molecule has 0 spiro atoms. The van der Waals surface area contributed by atoms with Gasteiger partial charge >= 0.3 is 5.97 Å². The SMILES string of the molecule is CNC(CCOC(C)C(C)C)(C(=O)OC)c1ccccc1. The molecule has 0 amide bonds. The number of carbonyl (C=O) groups is 1. The first-order valence-electron chi connectivity index (χ1n) is 7.42. The third-order valence-corrected chi connectivity index (χ3v) is 4.02. The molecule has 0 aliphatic heterocycles. The summed E-state index contributed by atoms with van der Waals surface area (Å²) in [6, 6.07) is 9.63. The van der Waals surface area contributed by atoms with E-state index in [1.54, 1.807) is 7.05 Å². The predicted octanol–water partition coefficient (Wildman–Crippen LogP) is 2.73. The average molecular weight is 293 g/mol. The van der Waals surface area contributed by atoms with Crippen molar-refractivity contribution < 1.29 is 14.3 Å². The molecule has 0 fully saturated rings. The highest BCUT2D eigenvalue weighted by Crippen LogP contribution is 2.27. The molecule has 0 heterocycles. The monoisotopic (exact) mass is 293 g/mol. The fourth-order valence-corrected chi connectivity index (χ4v) is 2.22. The van der Waals surface area contributed by atoms with Crippen molar-refractivity contribution >= 4 is 5.97 Å². The van der Waals surface area contributed by atoms with E-state index in [2.05, 4.69) is 19.2 Å². The van der Waals surface area contributed by atoms with Gasteiger partial charge in [0.15, 0.2) is 0 Å². The first-order chi connectivity index (χ1) is 9.97. The van der Waals surface area contributed by atoms with Gasteiger partial charge in [-0.2, -0.15) is 0 Å². The van der Waals surface area contributed by atoms with Crippen molar-refractivity contribution in [1.29, 1.82) is 0 Å². The smallest absolute Gasteiger partial charge is 0.330 e. The van der Waals surface area contributed by atoms with Crippen LogP contribution in [0.5, 0.6) is 0 Å². The second-order valence-corrected chi connectivity index (χ2v) is 5.58. The van der Waals surface area contributed by atoms with E-state index >= 15 is 0 Å². The van der Waals surface area contributed by atoms with E-state index in [1.165, 1.54) is 7.11 Å². The number of ether oxygens (including phenoxy) is 2. The summed E-state index contributed by atoms with van der Waals surface area (Å²) in [5, 5.41) is 3.13. The topological polar surface area (TPSA) is 47.6 Å². The van der Waals surface area contributed by atoms with Crippen LogP contribution < -0.4 is 5.32 Å². The van der Waals surface area contributed by atoms with Crippen molar-refractivity contribution in [3.63, 3.8) is 0 Å². The Kier molecular flexibility index (Phi) is 6.85. The highest BCUT2D eigenvalue weighted by Gasteiger charge is 2.39. The molecule has 4 heteroatoms. The Balaban J connectivity index is 2.90. The van der Waals surface area contributed by atoms with Gasteiger partial charge < -0.3 is 14.8 Å². The Hall–Kier alpha value is -1.39. The molecule has 118 valence electrons. The van der Waals surface area contributed by atoms with Crippen LogP contribution in [0.25, 0.3) is 0 Å². The van der Waals surface area contributed by atoms with E-state index in [0.29, 0.717) is 18.9 Å². The summed E-state index contributed by atoms with van der Waals surface area (Å²) in [4.78, 5) is 12.3. The number of nitrogens with one attached hydrogen (secondary N) is 1. The number of likely N-dealkylation sites (N-methyl/N-ethyl adjacent to an activating group) is 1. The summed E-state index contributed by atoms with van der Waals surface area (Å²) in [6.07, 6.45) is 0.685. The molecule has 4 nitrogen and oxygen atoms in total. The fraction of sp³-hybridized carbons (Fsp3) is 0.588. The first-order valence-corrected chi connectivity index (χ1v) is 7.42. The van der Waals surface area contributed by atoms with Crippen LogP contribution in [0, 0.1) is 5.92 Å². The first kappa shape index (κ1) is 17.7. The van der Waals surface area contributed by atoms with Crippen LogP contribution in [0.2, 0.25) is 0 Å². The number of hydrogen-bond donors (Lipinski definition) is 1. The van der Waals surface area contributed by atoms with Gasteiger partial charge in [0.2, 0.25) is 0 Å². The van der Waals surface area contributed by atoms with Gasteiger partial charge in [-0.25, -0.2) is 4.79 Å². The van der Waals surface area contributed by atoms with E-state index in [9.17, 15) is 4.79 Å². The van der Waals surface area contributed by atoms with Crippen LogP contribution in [-0.4, -0.2) is 32.8 Å². The predicted molar refractivity (Wildman–Crippen MR) is 84.1 cm³/mol. The number of hydrogen-bond acceptors (Lipinski definition) is 4. The van der Waals surface area contributed by atoms with Crippen LogP contribution >= 0.6 is 0 Å². The molecule has 0 aliphatic carbocycles. The van der Waals surface area contributed by atoms with Crippen molar-refractivity contribution in [2.45, 2.75) is 38.8 Å². The summed E-state index contributed by atoms with van der Waals surface area (Å²) >= 11 is 0. The maximum absolute atomic E-state index is 12.3. The van der Waals surface area contributed by atoms with Gasteiger partial charge in [-0.05, 0) is 25.5 Å². The molecule has 1 aromatic carbocycles. The average Bonchev–Trinajstić information content (AvgIpc) is 2.51. The third-order valence-electron chi connectivity index (χ3n) is 4.02. The van der Waals surface area contributed by atoms with E-state index in [-0.39, 0.29) is 12.1 Å². The van der Waals surface area contributed by atoms with Gasteiger partial charge in [0, 0.05) is 13.0 Å². The van der Waals surface area contributed by atoms with Crippen LogP contribution in [-0.2, 0) is 19.8 Å². The Labute approximate surface area is 127 Å². The van der Waals surface area contributed by atoms with Gasteiger partial charge in [0.1, 0.15) is 5.54 Å². The molecular weight excluding hydrogens is 266 g/mol. The molecule has 0 saturated heterocycles. The van der Waals surface area contributed by atoms with Gasteiger partial charge in [0.25, 0.3) is 0 Å². The van der Waals surface area contributed by atoms with Crippen molar-refractivity contribution in [2.75, 3.05) is 20.8 Å². The van der Waals surface area contributed by atoms with Crippen LogP contribution in [0.15, 0.2) is 30.3 Å². The minimum atomic E-state index is -0.868. The van der Waals surface area contributed by atoms with Crippen LogP contribution in [0.3, 0.4) is 0 Å². The zero-order valence-corrected chi connectivity index (χ0v) is 13.7. The van der Waals surface area contributed by atoms with Crippen molar-refractivity contribution in [2.24, 2.45) is 5.92 Å². The second kappa shape index (κ2) is 8.15. The molecule has 0 aromatic heterocycles. The Morgan fingerprint density at radius 3 is 2.33 bits per heavy atom. The highest BCUT2D eigenvalue weighted by molar-refractivity contribution is 5.82. The maximum Gasteiger partial charge on any atom is 0.330 e. The van der Waals surface area contributed by atoms with E-state index in [1.807, 2.05) is 37.3 Å². The summed E-state index contributed by atoms with van der Waals surface area (Å²) in [7, 11) is 3.19. The zero-order chi connectivity index (χ0) is 15.9. The maximum atomic E-state index is 12.3. The molecule has 0 aliphatic rings. The molecular formula is C17H27NO3. The number of methoxy groups -OCH3 is 1. The van der Waals surface area contributed by atoms with E-state index < -0.39 is 5.54 Å². The molecule has 0 radical (unpaired) electrons. The summed E-state index contributed by atoms with van der Waals surface area (Å²) in [5.74, 6) is 0.154. The summed E-state index contributed by atoms with van der Waals surface area (Å²) in [6.45, 7) is 6.78. The lowest BCUT2D eigenvalue weighted by molar-refractivity contribution is -0.150.